The van der Waals surface area contributed by atoms with Gasteiger partial charge in [0.25, 0.3) is 6.47 Å². The molecule has 0 saturated carbocycles. The van der Waals surface area contributed by atoms with Gasteiger partial charge in [-0.05, 0) is 17.7 Å². The van der Waals surface area contributed by atoms with Gasteiger partial charge in [-0.15, -0.1) is 0 Å². The lowest BCUT2D eigenvalue weighted by molar-refractivity contribution is -0.129. The molecule has 0 aliphatic carbocycles. The molecule has 0 saturated heterocycles. The van der Waals surface area contributed by atoms with Crippen molar-refractivity contribution in [3.05, 3.63) is 29.3 Å². The van der Waals surface area contributed by atoms with E-state index in [-0.39, 0.29) is 13.2 Å². The van der Waals surface area contributed by atoms with Crippen LogP contribution in [0.25, 0.3) is 0 Å². The van der Waals surface area contributed by atoms with Gasteiger partial charge in [-0.1, -0.05) is 6.07 Å². The second-order valence-electron chi connectivity index (χ2n) is 3.26. The summed E-state index contributed by atoms with van der Waals surface area (Å²) in [7, 11) is 6.65. The van der Waals surface area contributed by atoms with E-state index < -0.39 is 5.87 Å². The largest absolute Gasteiger partial charge is 0.470 e. The summed E-state index contributed by atoms with van der Waals surface area (Å²) in [6.45, 7) is 0.628. The van der Waals surface area contributed by atoms with E-state index >= 15 is 0 Å². The van der Waals surface area contributed by atoms with Gasteiger partial charge in [-0.2, -0.15) is 0 Å². The predicted octanol–water partition coefficient (Wildman–Crippen LogP) is 1.21. The molecular weight excluding hydrogens is 221 g/mol. The number of carbonyl (C=O) groups excluding carboxylic acids is 2. The van der Waals surface area contributed by atoms with Gasteiger partial charge in [0.05, 0.1) is 0 Å². The molecule has 0 heterocycles. The fourth-order valence-corrected chi connectivity index (χ4v) is 1.38. The first-order valence-electron chi connectivity index (χ1n) is 4.94. The highest BCUT2D eigenvalue weighted by molar-refractivity contribution is 6.55. The summed E-state index contributed by atoms with van der Waals surface area (Å²) in [5.41, 5.74) is 2.39. The van der Waals surface area contributed by atoms with E-state index in [9.17, 15) is 9.59 Å². The summed E-state index contributed by atoms with van der Waals surface area (Å²) in [6, 6.07) is 5.39. The van der Waals surface area contributed by atoms with E-state index in [4.69, 9.17) is 12.6 Å². The topological polar surface area (TPSA) is 64.6 Å². The van der Waals surface area contributed by atoms with Gasteiger partial charge in [-0.3, -0.25) is 9.59 Å². The first-order chi connectivity index (χ1) is 8.17. The molecule has 1 aromatic rings. The third-order valence-corrected chi connectivity index (χ3v) is 2.13. The molecule has 5 nitrogen and oxygen atoms in total. The Morgan fingerprint density at radius 2 is 2.24 bits per heavy atom. The minimum atomic E-state index is -0.832. The van der Waals surface area contributed by atoms with Crippen molar-refractivity contribution in [1.82, 2.24) is 0 Å². The molecule has 0 aliphatic rings. The fourth-order valence-electron chi connectivity index (χ4n) is 1.38. The third kappa shape index (κ3) is 4.18. The first-order valence-corrected chi connectivity index (χ1v) is 4.94. The zero-order valence-electron chi connectivity index (χ0n) is 9.43. The molecule has 6 heteroatoms. The van der Waals surface area contributed by atoms with Crippen LogP contribution in [0.1, 0.15) is 11.1 Å². The van der Waals surface area contributed by atoms with Gasteiger partial charge in [-0.25, -0.2) is 0 Å². The van der Waals surface area contributed by atoms with E-state index in [1.54, 1.807) is 13.1 Å². The molecule has 0 spiro atoms. The van der Waals surface area contributed by atoms with Gasteiger partial charge >= 0.3 is 0 Å². The smallest absolute Gasteiger partial charge is 0.293 e. The van der Waals surface area contributed by atoms with Gasteiger partial charge in [0.1, 0.15) is 13.2 Å². The van der Waals surface area contributed by atoms with Crippen molar-refractivity contribution >= 4 is 25.9 Å². The van der Waals surface area contributed by atoms with Crippen LogP contribution in [0.2, 0.25) is 0 Å². The Labute approximate surface area is 101 Å². The molecule has 0 unspecified atom stereocenters. The number of hydrogen-bond acceptors (Lipinski definition) is 5. The molecular formula is C11H12BNO4. The van der Waals surface area contributed by atoms with Crippen molar-refractivity contribution in [2.75, 3.05) is 12.4 Å². The van der Waals surface area contributed by atoms with Crippen LogP contribution in [0.3, 0.4) is 0 Å². The molecule has 0 fully saturated rings. The van der Waals surface area contributed by atoms with Crippen LogP contribution in [0, 0.1) is 0 Å². The monoisotopic (exact) mass is 233 g/mol. The first kappa shape index (κ1) is 13.1. The number of hydrogen-bond donors (Lipinski definition) is 1. The lowest BCUT2D eigenvalue weighted by Gasteiger charge is -2.11. The second-order valence-corrected chi connectivity index (χ2v) is 3.26. The highest BCUT2D eigenvalue weighted by atomic mass is 16.5. The van der Waals surface area contributed by atoms with Crippen LogP contribution in [0.15, 0.2) is 18.2 Å². The standard InChI is InChI=1S/C11H12BNO4/c1-13-10-3-2-8(5-16-7-14)4-9(10)6-17-11(12)15/h2-4,7,13H,5-6H2,1H3. The van der Waals surface area contributed by atoms with E-state index in [1.165, 1.54) is 0 Å². The average molecular weight is 233 g/mol. The Bertz CT molecular complexity index is 408. The predicted molar refractivity (Wildman–Crippen MR) is 62.8 cm³/mol. The minimum absolute atomic E-state index is 0.0699. The Hall–Kier alpha value is -1.98. The Kier molecular flexibility index (Phi) is 5.06. The zero-order valence-corrected chi connectivity index (χ0v) is 9.43. The normalized spacial score (nSPS) is 9.47. The SMILES string of the molecule is [B]C(=O)OCc1cc(COC=O)ccc1NC. The van der Waals surface area contributed by atoms with Crippen LogP contribution in [0.4, 0.5) is 10.5 Å². The van der Waals surface area contributed by atoms with Crippen LogP contribution < -0.4 is 5.32 Å². The van der Waals surface area contributed by atoms with Crippen molar-refractivity contribution < 1.29 is 19.1 Å². The summed E-state index contributed by atoms with van der Waals surface area (Å²) in [5.74, 6) is -0.832. The lowest BCUT2D eigenvalue weighted by Crippen LogP contribution is -2.04. The molecule has 1 rings (SSSR count). The summed E-state index contributed by atoms with van der Waals surface area (Å²) >= 11 is 0. The molecule has 0 amide bonds. The van der Waals surface area contributed by atoms with Crippen molar-refractivity contribution in [2.24, 2.45) is 0 Å². The maximum atomic E-state index is 10.5. The number of anilines is 1. The molecule has 88 valence electrons. The number of nitrogens with one attached hydrogen (secondary N) is 1. The van der Waals surface area contributed by atoms with Crippen molar-refractivity contribution in [2.45, 2.75) is 13.2 Å². The van der Waals surface area contributed by atoms with Crippen LogP contribution in [-0.2, 0) is 27.5 Å². The number of benzene rings is 1. The highest BCUT2D eigenvalue weighted by Gasteiger charge is 2.05. The molecule has 2 radical (unpaired) electrons. The lowest BCUT2D eigenvalue weighted by atomic mass is 10.1. The van der Waals surface area contributed by atoms with E-state index in [2.05, 4.69) is 10.1 Å². The molecule has 0 atom stereocenters. The van der Waals surface area contributed by atoms with Crippen LogP contribution in [-0.4, -0.2) is 27.2 Å². The highest BCUT2D eigenvalue weighted by Crippen LogP contribution is 2.18. The van der Waals surface area contributed by atoms with E-state index in [1.807, 2.05) is 12.1 Å². The molecule has 1 aromatic carbocycles. The Morgan fingerprint density at radius 1 is 1.47 bits per heavy atom. The average Bonchev–Trinajstić information content (AvgIpc) is 2.33. The fraction of sp³-hybridized carbons (Fsp3) is 0.273. The molecule has 0 bridgehead atoms. The van der Waals surface area contributed by atoms with Crippen LogP contribution in [0.5, 0.6) is 0 Å². The second kappa shape index (κ2) is 6.57. The number of carbonyl (C=O) groups is 2. The Morgan fingerprint density at radius 3 is 2.82 bits per heavy atom. The zero-order chi connectivity index (χ0) is 12.7. The minimum Gasteiger partial charge on any atom is -0.470 e. The molecule has 0 aromatic heterocycles. The van der Waals surface area contributed by atoms with Crippen LogP contribution >= 0.6 is 0 Å². The molecule has 17 heavy (non-hydrogen) atoms. The van der Waals surface area contributed by atoms with Gasteiger partial charge in [0.15, 0.2) is 0 Å². The summed E-state index contributed by atoms with van der Waals surface area (Å²) in [4.78, 5) is 20.6. The summed E-state index contributed by atoms with van der Waals surface area (Å²) in [5, 5.41) is 2.96. The van der Waals surface area contributed by atoms with Crippen molar-refractivity contribution in [1.29, 1.82) is 0 Å². The molecule has 0 aliphatic heterocycles. The summed E-state index contributed by atoms with van der Waals surface area (Å²) < 4.78 is 9.36. The van der Waals surface area contributed by atoms with Gasteiger partial charge in [0.2, 0.25) is 13.7 Å². The quantitative estimate of drug-likeness (QED) is 0.590. The van der Waals surface area contributed by atoms with Gasteiger partial charge < -0.3 is 14.8 Å². The summed E-state index contributed by atoms with van der Waals surface area (Å²) in [6.07, 6.45) is 0. The van der Waals surface area contributed by atoms with Crippen molar-refractivity contribution in [3.63, 3.8) is 0 Å². The maximum Gasteiger partial charge on any atom is 0.293 e. The maximum absolute atomic E-state index is 10.5. The number of rotatable bonds is 6. The van der Waals surface area contributed by atoms with Gasteiger partial charge in [0, 0.05) is 18.3 Å². The Balaban J connectivity index is 2.81. The van der Waals surface area contributed by atoms with Crippen molar-refractivity contribution in [3.8, 4) is 0 Å². The van der Waals surface area contributed by atoms with E-state index in [0.29, 0.717) is 6.47 Å². The number of ether oxygens (including phenoxy) is 2. The van der Waals surface area contributed by atoms with E-state index in [0.717, 1.165) is 16.8 Å². The molecule has 1 N–H and O–H groups in total. The third-order valence-electron chi connectivity index (χ3n) is 2.13.